The van der Waals surface area contributed by atoms with E-state index in [0.717, 1.165) is 16.9 Å². The monoisotopic (exact) mass is 302 g/mol. The molecule has 1 aromatic heterocycles. The minimum absolute atomic E-state index is 0.0857. The van der Waals surface area contributed by atoms with Crippen LogP contribution < -0.4 is 5.32 Å². The molecule has 0 radical (unpaired) electrons. The van der Waals surface area contributed by atoms with Crippen LogP contribution in [-0.4, -0.2) is 5.16 Å². The maximum absolute atomic E-state index is 13.1. The van der Waals surface area contributed by atoms with Gasteiger partial charge in [-0.1, -0.05) is 47.1 Å². The van der Waals surface area contributed by atoms with Crippen LogP contribution in [0.2, 0.25) is 5.02 Å². The van der Waals surface area contributed by atoms with Crippen molar-refractivity contribution in [3.8, 4) is 11.3 Å². The number of nitrogens with one attached hydrogen (secondary N) is 1. The number of rotatable bonds is 4. The van der Waals surface area contributed by atoms with Gasteiger partial charge in [0, 0.05) is 17.3 Å². The minimum atomic E-state index is -0.437. The Balaban J connectivity index is 1.69. The number of aromatic nitrogens is 1. The van der Waals surface area contributed by atoms with E-state index in [2.05, 4.69) is 10.5 Å². The third-order valence-electron chi connectivity index (χ3n) is 3.01. The predicted octanol–water partition coefficient (Wildman–Crippen LogP) is 4.75. The summed E-state index contributed by atoms with van der Waals surface area (Å²) in [5, 5.41) is 7.22. The Morgan fingerprint density at radius 2 is 1.90 bits per heavy atom. The molecule has 0 aliphatic carbocycles. The van der Waals surface area contributed by atoms with E-state index in [-0.39, 0.29) is 5.02 Å². The van der Waals surface area contributed by atoms with Crippen molar-refractivity contribution in [2.75, 3.05) is 5.32 Å². The molecule has 0 unspecified atom stereocenters. The highest BCUT2D eigenvalue weighted by molar-refractivity contribution is 6.31. The Morgan fingerprint density at radius 1 is 1.10 bits per heavy atom. The van der Waals surface area contributed by atoms with Crippen LogP contribution in [0.1, 0.15) is 5.76 Å². The number of halogens is 2. The van der Waals surface area contributed by atoms with Crippen molar-refractivity contribution < 1.29 is 8.91 Å². The second-order valence-corrected chi connectivity index (χ2v) is 4.93. The Kier molecular flexibility index (Phi) is 3.88. The van der Waals surface area contributed by atoms with E-state index >= 15 is 0 Å². The molecule has 3 rings (SSSR count). The molecule has 21 heavy (non-hydrogen) atoms. The van der Waals surface area contributed by atoms with Gasteiger partial charge < -0.3 is 9.84 Å². The van der Waals surface area contributed by atoms with Crippen LogP contribution in [0.25, 0.3) is 11.3 Å². The zero-order chi connectivity index (χ0) is 14.7. The van der Waals surface area contributed by atoms with Gasteiger partial charge in [-0.15, -0.1) is 0 Å². The van der Waals surface area contributed by atoms with Gasteiger partial charge in [0.1, 0.15) is 11.5 Å². The first-order valence-electron chi connectivity index (χ1n) is 6.42. The topological polar surface area (TPSA) is 38.1 Å². The molecule has 0 fully saturated rings. The van der Waals surface area contributed by atoms with Gasteiger partial charge in [-0.25, -0.2) is 4.39 Å². The lowest BCUT2D eigenvalue weighted by Crippen LogP contribution is -1.98. The average Bonchev–Trinajstić information content (AvgIpc) is 2.98. The van der Waals surface area contributed by atoms with Gasteiger partial charge in [-0.2, -0.15) is 0 Å². The van der Waals surface area contributed by atoms with E-state index < -0.39 is 5.82 Å². The molecule has 0 spiro atoms. The molecule has 0 saturated carbocycles. The van der Waals surface area contributed by atoms with Gasteiger partial charge in [-0.3, -0.25) is 0 Å². The first kappa shape index (κ1) is 13.6. The summed E-state index contributed by atoms with van der Waals surface area (Å²) in [5.74, 6) is 0.252. The Morgan fingerprint density at radius 3 is 2.67 bits per heavy atom. The van der Waals surface area contributed by atoms with Crippen LogP contribution in [0.5, 0.6) is 0 Å². The van der Waals surface area contributed by atoms with Crippen molar-refractivity contribution in [3.05, 3.63) is 71.2 Å². The molecule has 0 bridgehead atoms. The molecule has 0 saturated heterocycles. The van der Waals surface area contributed by atoms with Crippen LogP contribution in [-0.2, 0) is 6.54 Å². The van der Waals surface area contributed by atoms with E-state index in [1.807, 2.05) is 36.4 Å². The largest absolute Gasteiger partial charge is 0.378 e. The quantitative estimate of drug-likeness (QED) is 0.756. The summed E-state index contributed by atoms with van der Waals surface area (Å²) in [7, 11) is 0. The molecule has 1 N–H and O–H groups in total. The molecule has 0 aliphatic rings. The third kappa shape index (κ3) is 3.23. The fourth-order valence-electron chi connectivity index (χ4n) is 1.94. The molecule has 0 amide bonds. The zero-order valence-corrected chi connectivity index (χ0v) is 11.8. The lowest BCUT2D eigenvalue weighted by molar-refractivity contribution is 0.390. The van der Waals surface area contributed by atoms with Crippen LogP contribution in [0.15, 0.2) is 59.1 Å². The minimum Gasteiger partial charge on any atom is -0.378 e. The van der Waals surface area contributed by atoms with E-state index in [1.54, 1.807) is 6.07 Å². The van der Waals surface area contributed by atoms with E-state index in [9.17, 15) is 4.39 Å². The highest BCUT2D eigenvalue weighted by Crippen LogP contribution is 2.21. The van der Waals surface area contributed by atoms with Crippen LogP contribution >= 0.6 is 11.6 Å². The number of nitrogens with zero attached hydrogens (tertiary/aromatic N) is 1. The third-order valence-corrected chi connectivity index (χ3v) is 3.30. The van der Waals surface area contributed by atoms with Gasteiger partial charge in [0.25, 0.3) is 0 Å². The molecule has 3 aromatic rings. The Labute approximate surface area is 126 Å². The molecule has 5 heteroatoms. The van der Waals surface area contributed by atoms with Crippen molar-refractivity contribution in [3.63, 3.8) is 0 Å². The van der Waals surface area contributed by atoms with Crippen molar-refractivity contribution in [1.29, 1.82) is 0 Å². The fraction of sp³-hybridized carbons (Fsp3) is 0.0625. The number of hydrogen-bond donors (Lipinski definition) is 1. The fourth-order valence-corrected chi connectivity index (χ4v) is 2.12. The zero-order valence-electron chi connectivity index (χ0n) is 11.0. The first-order chi connectivity index (χ1) is 10.2. The van der Waals surface area contributed by atoms with E-state index in [4.69, 9.17) is 16.1 Å². The van der Waals surface area contributed by atoms with Gasteiger partial charge >= 0.3 is 0 Å². The normalized spacial score (nSPS) is 10.6. The second kappa shape index (κ2) is 5.97. The summed E-state index contributed by atoms with van der Waals surface area (Å²) in [5.41, 5.74) is 2.50. The number of hydrogen-bond acceptors (Lipinski definition) is 3. The SMILES string of the molecule is Fc1ccc(NCc2cc(-c3ccccc3)no2)cc1Cl. The van der Waals surface area contributed by atoms with Crippen LogP contribution in [0, 0.1) is 5.82 Å². The van der Waals surface area contributed by atoms with Gasteiger partial charge in [-0.05, 0) is 18.2 Å². The van der Waals surface area contributed by atoms with Gasteiger partial charge in [0.05, 0.1) is 11.6 Å². The highest BCUT2D eigenvalue weighted by Gasteiger charge is 2.06. The van der Waals surface area contributed by atoms with Gasteiger partial charge in [0.15, 0.2) is 5.76 Å². The van der Waals surface area contributed by atoms with Gasteiger partial charge in [0.2, 0.25) is 0 Å². The summed E-state index contributed by atoms with van der Waals surface area (Å²) < 4.78 is 18.3. The average molecular weight is 303 g/mol. The molecule has 1 heterocycles. The van der Waals surface area contributed by atoms with Crippen molar-refractivity contribution >= 4 is 17.3 Å². The maximum Gasteiger partial charge on any atom is 0.156 e. The van der Waals surface area contributed by atoms with Crippen molar-refractivity contribution in [2.45, 2.75) is 6.54 Å². The lowest BCUT2D eigenvalue weighted by Gasteiger charge is -2.04. The summed E-state index contributed by atoms with van der Waals surface area (Å²) >= 11 is 5.73. The molecular formula is C16H12ClFN2O. The van der Waals surface area contributed by atoms with Crippen molar-refractivity contribution in [1.82, 2.24) is 5.16 Å². The van der Waals surface area contributed by atoms with Crippen molar-refractivity contribution in [2.24, 2.45) is 0 Å². The number of benzene rings is 2. The first-order valence-corrected chi connectivity index (χ1v) is 6.80. The highest BCUT2D eigenvalue weighted by atomic mass is 35.5. The van der Waals surface area contributed by atoms with Crippen LogP contribution in [0.4, 0.5) is 10.1 Å². The molecule has 3 nitrogen and oxygen atoms in total. The summed E-state index contributed by atoms with van der Waals surface area (Å²) in [6, 6.07) is 16.1. The standard InChI is InChI=1S/C16H12ClFN2O/c17-14-8-12(6-7-15(14)18)19-10-13-9-16(20-21-13)11-4-2-1-3-5-11/h1-9,19H,10H2. The van der Waals surface area contributed by atoms with E-state index in [1.165, 1.54) is 12.1 Å². The lowest BCUT2D eigenvalue weighted by atomic mass is 10.1. The van der Waals surface area contributed by atoms with Crippen LogP contribution in [0.3, 0.4) is 0 Å². The molecule has 106 valence electrons. The van der Waals surface area contributed by atoms with E-state index in [0.29, 0.717) is 12.3 Å². The molecule has 0 aliphatic heterocycles. The summed E-state index contributed by atoms with van der Waals surface area (Å²) in [6.07, 6.45) is 0. The predicted molar refractivity (Wildman–Crippen MR) is 80.7 cm³/mol. The summed E-state index contributed by atoms with van der Waals surface area (Å²) in [4.78, 5) is 0. The maximum atomic E-state index is 13.1. The molecular weight excluding hydrogens is 291 g/mol. The second-order valence-electron chi connectivity index (χ2n) is 4.53. The Bertz CT molecular complexity index is 743. The molecule has 2 aromatic carbocycles. The summed E-state index contributed by atoms with van der Waals surface area (Å²) in [6.45, 7) is 0.446. The Hall–Kier alpha value is -2.33. The smallest absolute Gasteiger partial charge is 0.156 e. The molecule has 0 atom stereocenters. The number of anilines is 1.